The molecule has 5 rings (SSSR count). The minimum absolute atomic E-state index is 0.0855. The third-order valence-corrected chi connectivity index (χ3v) is 6.75. The van der Waals surface area contributed by atoms with Gasteiger partial charge in [-0.05, 0) is 56.2 Å². The van der Waals surface area contributed by atoms with E-state index >= 15 is 4.39 Å². The summed E-state index contributed by atoms with van der Waals surface area (Å²) in [5.74, 6) is -1.30. The van der Waals surface area contributed by atoms with Crippen molar-refractivity contribution in [1.82, 2.24) is 19.4 Å². The van der Waals surface area contributed by atoms with E-state index in [-0.39, 0.29) is 46.3 Å². The highest BCUT2D eigenvalue weighted by molar-refractivity contribution is 6.34. The lowest BCUT2D eigenvalue weighted by Gasteiger charge is -2.40. The van der Waals surface area contributed by atoms with E-state index in [0.717, 1.165) is 12.8 Å². The average Bonchev–Trinajstić information content (AvgIpc) is 3.61. The van der Waals surface area contributed by atoms with E-state index in [1.165, 1.54) is 22.7 Å². The molecular formula is C24H23ClFN5O3. The molecular weight excluding hydrogens is 461 g/mol. The number of hydrogen-bond donors (Lipinski definition) is 1. The van der Waals surface area contributed by atoms with Gasteiger partial charge < -0.3 is 15.5 Å². The molecule has 1 atom stereocenters. The standard InChI is InChI=1S/C24H23ClFN5O3/c1-13-12-29(23(33)14-2-3-14)8-9-30(13)24(34)15-4-5-16(18(26)10-15)19-6-7-20-17(25)11-21(22(27)32)31(20)28-19/h4-7,10-11,13-14H,2-3,8-9,12H2,1H3,(H2,27,32). The molecule has 0 radical (unpaired) electrons. The SMILES string of the molecule is CC1CN(C(=O)C2CC2)CCN1C(=O)c1ccc(-c2ccc3c(Cl)cc(C(N)=O)n3n2)c(F)c1. The number of hydrogen-bond acceptors (Lipinski definition) is 4. The molecule has 3 amide bonds. The molecule has 2 fully saturated rings. The largest absolute Gasteiger partial charge is 0.364 e. The molecule has 10 heteroatoms. The maximum Gasteiger partial charge on any atom is 0.267 e. The van der Waals surface area contributed by atoms with E-state index in [2.05, 4.69) is 5.10 Å². The number of benzene rings is 1. The Morgan fingerprint density at radius 1 is 1.12 bits per heavy atom. The van der Waals surface area contributed by atoms with Crippen molar-refractivity contribution in [3.8, 4) is 11.3 Å². The zero-order valence-corrected chi connectivity index (χ0v) is 19.3. The average molecular weight is 484 g/mol. The van der Waals surface area contributed by atoms with E-state index in [0.29, 0.717) is 30.2 Å². The van der Waals surface area contributed by atoms with Crippen LogP contribution in [0, 0.1) is 11.7 Å². The van der Waals surface area contributed by atoms with Crippen molar-refractivity contribution in [1.29, 1.82) is 0 Å². The third kappa shape index (κ3) is 3.90. The number of aromatic nitrogens is 2. The molecule has 1 unspecified atom stereocenters. The Morgan fingerprint density at radius 2 is 1.88 bits per heavy atom. The number of nitrogens with two attached hydrogens (primary N) is 1. The van der Waals surface area contributed by atoms with Crippen LogP contribution in [0.25, 0.3) is 16.8 Å². The van der Waals surface area contributed by atoms with Gasteiger partial charge in [-0.15, -0.1) is 0 Å². The van der Waals surface area contributed by atoms with Crippen molar-refractivity contribution in [2.24, 2.45) is 11.7 Å². The molecule has 1 aliphatic carbocycles. The van der Waals surface area contributed by atoms with Gasteiger partial charge in [-0.2, -0.15) is 5.10 Å². The molecule has 0 spiro atoms. The van der Waals surface area contributed by atoms with Crippen LogP contribution in [-0.4, -0.2) is 62.8 Å². The smallest absolute Gasteiger partial charge is 0.267 e. The fraction of sp³-hybridized carbons (Fsp3) is 0.333. The zero-order valence-electron chi connectivity index (χ0n) is 18.5. The first kappa shape index (κ1) is 22.3. The summed E-state index contributed by atoms with van der Waals surface area (Å²) in [6, 6.07) is 8.69. The predicted octanol–water partition coefficient (Wildman–Crippen LogP) is 2.98. The second kappa shape index (κ2) is 8.39. The maximum atomic E-state index is 15.1. The lowest BCUT2D eigenvalue weighted by Crippen LogP contribution is -2.55. The van der Waals surface area contributed by atoms with Crippen LogP contribution in [0.4, 0.5) is 4.39 Å². The molecule has 2 N–H and O–H groups in total. The summed E-state index contributed by atoms with van der Waals surface area (Å²) in [5, 5.41) is 4.64. The van der Waals surface area contributed by atoms with Crippen LogP contribution in [0.2, 0.25) is 5.02 Å². The van der Waals surface area contributed by atoms with Gasteiger partial charge >= 0.3 is 0 Å². The van der Waals surface area contributed by atoms with E-state index in [1.54, 1.807) is 23.1 Å². The monoisotopic (exact) mass is 483 g/mol. The fourth-order valence-corrected chi connectivity index (χ4v) is 4.68. The minimum Gasteiger partial charge on any atom is -0.364 e. The van der Waals surface area contributed by atoms with Gasteiger partial charge in [0.15, 0.2) is 0 Å². The highest BCUT2D eigenvalue weighted by atomic mass is 35.5. The van der Waals surface area contributed by atoms with Crippen LogP contribution in [0.15, 0.2) is 36.4 Å². The molecule has 1 aliphatic heterocycles. The second-order valence-corrected chi connectivity index (χ2v) is 9.27. The summed E-state index contributed by atoms with van der Waals surface area (Å²) in [6.45, 7) is 3.27. The molecule has 1 aromatic carbocycles. The number of nitrogens with zero attached hydrogens (tertiary/aromatic N) is 4. The first-order valence-corrected chi connectivity index (χ1v) is 11.5. The fourth-order valence-electron chi connectivity index (χ4n) is 4.43. The Bertz CT molecular complexity index is 1340. The normalized spacial score (nSPS) is 18.4. The van der Waals surface area contributed by atoms with Crippen LogP contribution >= 0.6 is 11.6 Å². The van der Waals surface area contributed by atoms with Gasteiger partial charge in [0.05, 0.1) is 16.2 Å². The van der Waals surface area contributed by atoms with Gasteiger partial charge in [0.2, 0.25) is 5.91 Å². The highest BCUT2D eigenvalue weighted by Gasteiger charge is 2.37. The van der Waals surface area contributed by atoms with E-state index in [9.17, 15) is 14.4 Å². The Balaban J connectivity index is 1.37. The second-order valence-electron chi connectivity index (χ2n) is 8.86. The van der Waals surface area contributed by atoms with E-state index in [4.69, 9.17) is 17.3 Å². The number of amides is 3. The molecule has 34 heavy (non-hydrogen) atoms. The summed E-state index contributed by atoms with van der Waals surface area (Å²) in [5.41, 5.74) is 6.61. The molecule has 1 saturated heterocycles. The maximum absolute atomic E-state index is 15.1. The number of carbonyl (C=O) groups is 3. The summed E-state index contributed by atoms with van der Waals surface area (Å²) in [4.78, 5) is 40.6. The van der Waals surface area contributed by atoms with Gasteiger partial charge in [-0.1, -0.05) is 11.6 Å². The van der Waals surface area contributed by atoms with Crippen molar-refractivity contribution in [2.75, 3.05) is 19.6 Å². The number of rotatable bonds is 4. The summed E-state index contributed by atoms with van der Waals surface area (Å²) in [7, 11) is 0. The molecule has 3 aromatic rings. The Kier molecular flexibility index (Phi) is 5.51. The number of primary amides is 1. The third-order valence-electron chi connectivity index (χ3n) is 6.44. The van der Waals surface area contributed by atoms with E-state index < -0.39 is 11.7 Å². The van der Waals surface area contributed by atoms with Crippen LogP contribution in [0.5, 0.6) is 0 Å². The van der Waals surface area contributed by atoms with Gasteiger partial charge in [-0.25, -0.2) is 8.91 Å². The minimum atomic E-state index is -0.707. The molecule has 2 aromatic heterocycles. The number of fused-ring (bicyclic) bond motifs is 1. The summed E-state index contributed by atoms with van der Waals surface area (Å²) >= 11 is 6.13. The number of piperazine rings is 1. The van der Waals surface area contributed by atoms with Crippen molar-refractivity contribution in [3.05, 3.63) is 58.5 Å². The van der Waals surface area contributed by atoms with Gasteiger partial charge in [0.1, 0.15) is 11.5 Å². The van der Waals surface area contributed by atoms with Gasteiger partial charge in [0.25, 0.3) is 11.8 Å². The Labute approximate surface area is 200 Å². The predicted molar refractivity (Wildman–Crippen MR) is 124 cm³/mol. The molecule has 0 bridgehead atoms. The zero-order chi connectivity index (χ0) is 24.1. The molecule has 8 nitrogen and oxygen atoms in total. The van der Waals surface area contributed by atoms with Crippen LogP contribution < -0.4 is 5.73 Å². The van der Waals surface area contributed by atoms with Crippen molar-refractivity contribution in [3.63, 3.8) is 0 Å². The number of carbonyl (C=O) groups excluding carboxylic acids is 3. The highest BCUT2D eigenvalue weighted by Crippen LogP contribution is 2.32. The number of halogens is 2. The molecule has 3 heterocycles. The summed E-state index contributed by atoms with van der Waals surface area (Å²) in [6.07, 6.45) is 1.89. The van der Waals surface area contributed by atoms with Crippen LogP contribution in [-0.2, 0) is 4.79 Å². The topological polar surface area (TPSA) is 101 Å². The van der Waals surface area contributed by atoms with Crippen molar-refractivity contribution >= 4 is 34.8 Å². The Morgan fingerprint density at radius 3 is 2.53 bits per heavy atom. The van der Waals surface area contributed by atoms with Gasteiger partial charge in [0, 0.05) is 42.7 Å². The quantitative estimate of drug-likeness (QED) is 0.616. The summed E-state index contributed by atoms with van der Waals surface area (Å²) < 4.78 is 16.4. The van der Waals surface area contributed by atoms with Crippen LogP contribution in [0.1, 0.15) is 40.6 Å². The van der Waals surface area contributed by atoms with Crippen molar-refractivity contribution < 1.29 is 18.8 Å². The molecule has 2 aliphatic rings. The van der Waals surface area contributed by atoms with Gasteiger partial charge in [-0.3, -0.25) is 14.4 Å². The first-order chi connectivity index (χ1) is 16.2. The van der Waals surface area contributed by atoms with E-state index in [1.807, 2.05) is 11.8 Å². The lowest BCUT2D eigenvalue weighted by molar-refractivity contribution is -0.135. The Hall–Kier alpha value is -3.46. The lowest BCUT2D eigenvalue weighted by atomic mass is 10.1. The molecule has 176 valence electrons. The first-order valence-electron chi connectivity index (χ1n) is 11.1. The van der Waals surface area contributed by atoms with Crippen LogP contribution in [0.3, 0.4) is 0 Å². The van der Waals surface area contributed by atoms with Crippen molar-refractivity contribution in [2.45, 2.75) is 25.8 Å². The molecule has 1 saturated carbocycles.